The van der Waals surface area contributed by atoms with Crippen LogP contribution in [0.4, 0.5) is 0 Å². The van der Waals surface area contributed by atoms with Gasteiger partial charge >= 0.3 is 5.97 Å². The lowest BCUT2D eigenvalue weighted by molar-refractivity contribution is -0.145. The Morgan fingerprint density at radius 3 is 2.50 bits per heavy atom. The van der Waals surface area contributed by atoms with Crippen molar-refractivity contribution in [3.05, 3.63) is 46.7 Å². The molecule has 0 aliphatic rings. The fourth-order valence-electron chi connectivity index (χ4n) is 2.67. The minimum atomic E-state index is -1.07. The van der Waals surface area contributed by atoms with Crippen LogP contribution in [0.15, 0.2) is 22.8 Å². The third-order valence-corrected chi connectivity index (χ3v) is 3.85. The topological polar surface area (TPSA) is 118 Å². The number of amides is 1. The minimum Gasteiger partial charge on any atom is -0.459 e. The molecule has 2 heterocycles. The van der Waals surface area contributed by atoms with E-state index in [4.69, 9.17) is 9.15 Å². The summed E-state index contributed by atoms with van der Waals surface area (Å²) in [5.74, 6) is -1.87. The normalized spacial score (nSPS) is 11.7. The number of aromatic nitrogens is 1. The summed E-state index contributed by atoms with van der Waals surface area (Å²) in [5, 5.41) is 2.34. The lowest BCUT2D eigenvalue weighted by Gasteiger charge is -2.12. The molecule has 0 radical (unpaired) electrons. The maximum Gasteiger partial charge on any atom is 0.326 e. The highest BCUT2D eigenvalue weighted by atomic mass is 16.5. The molecule has 26 heavy (non-hydrogen) atoms. The lowest BCUT2D eigenvalue weighted by atomic mass is 10.0. The number of ketones is 2. The quantitative estimate of drug-likeness (QED) is 0.576. The number of aryl methyl sites for hydroxylation is 1. The SMILES string of the molecule is CC(=O)c1c(C)[nH]c(C(=O)[C@@H](C)OC(=O)CNC(=O)c2ccco2)c1C. The first-order chi connectivity index (χ1) is 12.2. The molecular formula is C18H20N2O6. The van der Waals surface area contributed by atoms with Gasteiger partial charge in [-0.3, -0.25) is 19.2 Å². The van der Waals surface area contributed by atoms with Gasteiger partial charge in [-0.15, -0.1) is 0 Å². The summed E-state index contributed by atoms with van der Waals surface area (Å²) in [4.78, 5) is 50.5. The summed E-state index contributed by atoms with van der Waals surface area (Å²) in [6, 6.07) is 3.00. The van der Waals surface area contributed by atoms with Crippen LogP contribution in [-0.4, -0.2) is 41.1 Å². The Bertz CT molecular complexity index is 847. The number of furan rings is 1. The maximum absolute atomic E-state index is 12.5. The van der Waals surface area contributed by atoms with Crippen molar-refractivity contribution >= 4 is 23.4 Å². The number of esters is 1. The van der Waals surface area contributed by atoms with E-state index >= 15 is 0 Å². The number of hydrogen-bond donors (Lipinski definition) is 2. The van der Waals surface area contributed by atoms with Crippen molar-refractivity contribution in [2.24, 2.45) is 0 Å². The van der Waals surface area contributed by atoms with Gasteiger partial charge in [0.25, 0.3) is 5.91 Å². The second-order valence-electron chi connectivity index (χ2n) is 5.84. The van der Waals surface area contributed by atoms with Crippen molar-refractivity contribution in [3.63, 3.8) is 0 Å². The number of aromatic amines is 1. The summed E-state index contributed by atoms with van der Waals surface area (Å²) >= 11 is 0. The van der Waals surface area contributed by atoms with E-state index in [1.54, 1.807) is 19.9 Å². The summed E-state index contributed by atoms with van der Waals surface area (Å²) in [5.41, 5.74) is 1.79. The summed E-state index contributed by atoms with van der Waals surface area (Å²) in [6.07, 6.45) is 0.267. The fraction of sp³-hybridized carbons (Fsp3) is 0.333. The Balaban J connectivity index is 1.96. The number of ether oxygens (including phenoxy) is 1. The first-order valence-electron chi connectivity index (χ1n) is 7.97. The minimum absolute atomic E-state index is 0.0659. The van der Waals surface area contributed by atoms with Crippen molar-refractivity contribution in [1.82, 2.24) is 10.3 Å². The molecule has 2 aromatic heterocycles. The zero-order valence-electron chi connectivity index (χ0n) is 15.0. The Kier molecular flexibility index (Phi) is 5.76. The Hall–Kier alpha value is -3.16. The average molecular weight is 360 g/mol. The van der Waals surface area contributed by atoms with Gasteiger partial charge in [-0.1, -0.05) is 0 Å². The first-order valence-corrected chi connectivity index (χ1v) is 7.97. The fourth-order valence-corrected chi connectivity index (χ4v) is 2.67. The smallest absolute Gasteiger partial charge is 0.326 e. The van der Waals surface area contributed by atoms with E-state index in [-0.39, 0.29) is 17.2 Å². The lowest BCUT2D eigenvalue weighted by Crippen LogP contribution is -2.34. The van der Waals surface area contributed by atoms with E-state index < -0.39 is 30.3 Å². The highest BCUT2D eigenvalue weighted by Gasteiger charge is 2.26. The number of H-pyrrole nitrogens is 1. The molecule has 0 aliphatic heterocycles. The van der Waals surface area contributed by atoms with Gasteiger partial charge in [-0.25, -0.2) is 0 Å². The molecule has 0 saturated carbocycles. The highest BCUT2D eigenvalue weighted by molar-refractivity contribution is 6.05. The van der Waals surface area contributed by atoms with Gasteiger partial charge in [0.1, 0.15) is 6.54 Å². The summed E-state index contributed by atoms with van der Waals surface area (Å²) in [7, 11) is 0. The van der Waals surface area contributed by atoms with E-state index in [2.05, 4.69) is 10.3 Å². The van der Waals surface area contributed by atoms with Crippen molar-refractivity contribution in [2.75, 3.05) is 6.54 Å². The van der Waals surface area contributed by atoms with Gasteiger partial charge in [0.05, 0.1) is 12.0 Å². The number of hydrogen-bond acceptors (Lipinski definition) is 6. The molecule has 8 heteroatoms. The Labute approximate surface area is 149 Å². The molecular weight excluding hydrogens is 340 g/mol. The molecule has 2 aromatic rings. The molecule has 8 nitrogen and oxygen atoms in total. The molecule has 0 saturated heterocycles. The second-order valence-corrected chi connectivity index (χ2v) is 5.84. The summed E-state index contributed by atoms with van der Waals surface area (Å²) in [6.45, 7) is 5.80. The molecule has 0 unspecified atom stereocenters. The number of Topliss-reactive ketones (excluding diaryl/α,β-unsaturated/α-hetero) is 2. The van der Waals surface area contributed by atoms with E-state index in [0.717, 1.165) is 0 Å². The maximum atomic E-state index is 12.5. The van der Waals surface area contributed by atoms with Gasteiger partial charge in [0, 0.05) is 11.3 Å². The molecule has 1 atom stereocenters. The van der Waals surface area contributed by atoms with Crippen LogP contribution in [0, 0.1) is 13.8 Å². The second kappa shape index (κ2) is 7.81. The van der Waals surface area contributed by atoms with Gasteiger partial charge in [-0.2, -0.15) is 0 Å². The third kappa shape index (κ3) is 4.08. The van der Waals surface area contributed by atoms with Crippen LogP contribution in [-0.2, 0) is 9.53 Å². The highest BCUT2D eigenvalue weighted by Crippen LogP contribution is 2.20. The van der Waals surface area contributed by atoms with Gasteiger partial charge in [0.2, 0.25) is 5.78 Å². The standard InChI is InChI=1S/C18H20N2O6/c1-9-15(11(3)21)10(2)20-16(9)17(23)12(4)26-14(22)8-19-18(24)13-6-5-7-25-13/h5-7,12,20H,8H2,1-4H3,(H,19,24)/t12-/m1/s1. The summed E-state index contributed by atoms with van der Waals surface area (Å²) < 4.78 is 9.96. The third-order valence-electron chi connectivity index (χ3n) is 3.85. The van der Waals surface area contributed by atoms with Gasteiger partial charge < -0.3 is 19.5 Å². The molecule has 0 aliphatic carbocycles. The van der Waals surface area contributed by atoms with Crippen LogP contribution in [0.2, 0.25) is 0 Å². The zero-order valence-corrected chi connectivity index (χ0v) is 15.0. The first kappa shape index (κ1) is 19.2. The van der Waals surface area contributed by atoms with Crippen LogP contribution in [0.25, 0.3) is 0 Å². The van der Waals surface area contributed by atoms with Crippen LogP contribution in [0.1, 0.15) is 56.5 Å². The van der Waals surface area contributed by atoms with Gasteiger partial charge in [-0.05, 0) is 45.4 Å². The van der Waals surface area contributed by atoms with Crippen molar-refractivity contribution < 1.29 is 28.3 Å². The number of carbonyl (C=O) groups is 4. The predicted molar refractivity (Wildman–Crippen MR) is 91.2 cm³/mol. The van der Waals surface area contributed by atoms with Crippen molar-refractivity contribution in [2.45, 2.75) is 33.8 Å². The zero-order chi connectivity index (χ0) is 19.4. The van der Waals surface area contributed by atoms with Crippen LogP contribution in [0.3, 0.4) is 0 Å². The molecule has 1 amide bonds. The van der Waals surface area contributed by atoms with Crippen molar-refractivity contribution in [3.8, 4) is 0 Å². The van der Waals surface area contributed by atoms with Crippen molar-refractivity contribution in [1.29, 1.82) is 0 Å². The molecule has 0 fully saturated rings. The number of rotatable bonds is 7. The molecule has 138 valence electrons. The molecule has 0 bridgehead atoms. The van der Waals surface area contributed by atoms with Gasteiger partial charge in [0.15, 0.2) is 17.6 Å². The molecule has 0 spiro atoms. The Morgan fingerprint density at radius 2 is 1.96 bits per heavy atom. The predicted octanol–water partition coefficient (Wildman–Crippen LogP) is 1.97. The monoisotopic (exact) mass is 360 g/mol. The molecule has 2 rings (SSSR count). The van der Waals surface area contributed by atoms with E-state index in [0.29, 0.717) is 16.8 Å². The average Bonchev–Trinajstić information content (AvgIpc) is 3.20. The van der Waals surface area contributed by atoms with E-state index in [1.165, 1.54) is 26.2 Å². The molecule has 2 N–H and O–H groups in total. The Morgan fingerprint density at radius 1 is 1.27 bits per heavy atom. The van der Waals surface area contributed by atoms with Crippen LogP contribution < -0.4 is 5.32 Å². The number of carbonyl (C=O) groups excluding carboxylic acids is 4. The largest absolute Gasteiger partial charge is 0.459 e. The van der Waals surface area contributed by atoms with E-state index in [1.807, 2.05) is 0 Å². The van der Waals surface area contributed by atoms with E-state index in [9.17, 15) is 19.2 Å². The van der Waals surface area contributed by atoms with Crippen LogP contribution in [0.5, 0.6) is 0 Å². The van der Waals surface area contributed by atoms with Crippen LogP contribution >= 0.6 is 0 Å². The molecule has 0 aromatic carbocycles. The number of nitrogens with one attached hydrogen (secondary N) is 2.